The zero-order chi connectivity index (χ0) is 31.1. The van der Waals surface area contributed by atoms with E-state index in [4.69, 9.17) is 14.5 Å². The van der Waals surface area contributed by atoms with Crippen LogP contribution in [0.2, 0.25) is 0 Å². The highest BCUT2D eigenvalue weighted by atomic mass is 32.2. The van der Waals surface area contributed by atoms with Crippen molar-refractivity contribution in [1.29, 1.82) is 0 Å². The van der Waals surface area contributed by atoms with E-state index < -0.39 is 33.9 Å². The molecule has 2 aromatic heterocycles. The second-order valence-electron chi connectivity index (χ2n) is 11.9. The van der Waals surface area contributed by atoms with Gasteiger partial charge in [-0.1, -0.05) is 30.3 Å². The molecule has 1 N–H and O–H groups in total. The normalized spacial score (nSPS) is 18.4. The molecule has 0 aliphatic carbocycles. The number of aliphatic imine (C=N–C) groups is 1. The van der Waals surface area contributed by atoms with E-state index in [0.29, 0.717) is 55.3 Å². The SMILES string of the molecule is CC1(C)COC(c2ccc(Nc3cc(CCc4ccccc4)nc4c3nc(C(F)F)n4C3CCCCO3)c(S(C)(=O)=O)c2)=N1. The van der Waals surface area contributed by atoms with Gasteiger partial charge in [-0.15, -0.1) is 0 Å². The monoisotopic (exact) mass is 623 g/mol. The van der Waals surface area contributed by atoms with Crippen LogP contribution in [-0.2, 0) is 32.2 Å². The number of aryl methyl sites for hydroxylation is 2. The number of hydrogen-bond donors (Lipinski definition) is 1. The number of alkyl halides is 2. The fourth-order valence-corrected chi connectivity index (χ4v) is 6.44. The molecule has 1 unspecified atom stereocenters. The van der Waals surface area contributed by atoms with Gasteiger partial charge in [-0.05, 0) is 75.8 Å². The van der Waals surface area contributed by atoms with Gasteiger partial charge in [0.25, 0.3) is 6.43 Å². The molecule has 2 aromatic carbocycles. The number of aromatic nitrogens is 3. The van der Waals surface area contributed by atoms with Crippen molar-refractivity contribution in [2.45, 2.75) is 69.0 Å². The summed E-state index contributed by atoms with van der Waals surface area (Å²) in [5, 5.41) is 3.22. The lowest BCUT2D eigenvalue weighted by Gasteiger charge is -2.25. The highest BCUT2D eigenvalue weighted by Crippen LogP contribution is 2.37. The number of pyridine rings is 1. The molecule has 1 saturated heterocycles. The highest BCUT2D eigenvalue weighted by molar-refractivity contribution is 7.90. The van der Waals surface area contributed by atoms with Gasteiger partial charge in [0, 0.05) is 24.1 Å². The van der Waals surface area contributed by atoms with E-state index in [9.17, 15) is 17.2 Å². The Labute approximate surface area is 255 Å². The van der Waals surface area contributed by atoms with Crippen LogP contribution in [0, 0.1) is 0 Å². The number of hydrogen-bond acceptors (Lipinski definition) is 8. The Kier molecular flexibility index (Phi) is 8.14. The van der Waals surface area contributed by atoms with Gasteiger partial charge in [0.15, 0.2) is 21.3 Å². The predicted octanol–water partition coefficient (Wildman–Crippen LogP) is 6.56. The third-order valence-corrected chi connectivity index (χ3v) is 8.88. The van der Waals surface area contributed by atoms with Gasteiger partial charge in [0.2, 0.25) is 5.90 Å². The average Bonchev–Trinajstić information content (AvgIpc) is 3.57. The van der Waals surface area contributed by atoms with Crippen LogP contribution >= 0.6 is 0 Å². The lowest BCUT2D eigenvalue weighted by molar-refractivity contribution is -0.0363. The Hall–Kier alpha value is -3.90. The molecule has 2 aliphatic heterocycles. The topological polar surface area (TPSA) is 108 Å². The molecule has 44 heavy (non-hydrogen) atoms. The first-order valence-electron chi connectivity index (χ1n) is 14.7. The fourth-order valence-electron chi connectivity index (χ4n) is 5.58. The number of fused-ring (bicyclic) bond motifs is 1. The molecule has 0 radical (unpaired) electrons. The average molecular weight is 624 g/mol. The lowest BCUT2D eigenvalue weighted by atomic mass is 10.1. The standard InChI is InChI=1S/C32H35F2N5O4S/c1-32(2)19-43-31(38-32)21-13-15-23(25(17-21)44(3,40)41)36-24-18-22(14-12-20-9-5-4-6-10-20)35-29-27(24)37-30(28(33)34)39(29)26-11-7-8-16-42-26/h4-6,9-10,13,15,17-18,26,28H,7-8,11-12,14,16,19H2,1-3H3,(H,35,36). The van der Waals surface area contributed by atoms with E-state index in [1.807, 2.05) is 44.2 Å². The fraction of sp³-hybridized carbons (Fsp3) is 0.406. The Morgan fingerprint density at radius 3 is 2.50 bits per heavy atom. The lowest BCUT2D eigenvalue weighted by Crippen LogP contribution is -2.20. The molecule has 9 nitrogen and oxygen atoms in total. The molecule has 0 amide bonds. The quantitative estimate of drug-likeness (QED) is 0.225. The number of halogens is 2. The first-order valence-corrected chi connectivity index (χ1v) is 16.6. The van der Waals surface area contributed by atoms with E-state index in [1.165, 1.54) is 10.6 Å². The maximum absolute atomic E-state index is 14.4. The number of sulfone groups is 1. The van der Waals surface area contributed by atoms with Crippen molar-refractivity contribution in [1.82, 2.24) is 14.5 Å². The van der Waals surface area contributed by atoms with Crippen molar-refractivity contribution in [3.63, 3.8) is 0 Å². The zero-order valence-electron chi connectivity index (χ0n) is 24.9. The molecule has 4 heterocycles. The van der Waals surface area contributed by atoms with E-state index in [1.54, 1.807) is 18.2 Å². The van der Waals surface area contributed by atoms with Crippen LogP contribution in [0.3, 0.4) is 0 Å². The third kappa shape index (κ3) is 6.32. The summed E-state index contributed by atoms with van der Waals surface area (Å²) in [5.41, 5.74) is 3.01. The van der Waals surface area contributed by atoms with Crippen molar-refractivity contribution in [2.24, 2.45) is 4.99 Å². The minimum Gasteiger partial charge on any atom is -0.475 e. The molecule has 232 valence electrons. The minimum absolute atomic E-state index is 0.0194. The summed E-state index contributed by atoms with van der Waals surface area (Å²) in [5.74, 6) is -0.0610. The Morgan fingerprint density at radius 1 is 1.05 bits per heavy atom. The molecule has 12 heteroatoms. The molecular formula is C32H35F2N5O4S. The molecule has 0 saturated carbocycles. The van der Waals surface area contributed by atoms with E-state index >= 15 is 0 Å². The number of anilines is 2. The van der Waals surface area contributed by atoms with Crippen LogP contribution in [0.1, 0.15) is 68.4 Å². The number of rotatable bonds is 9. The van der Waals surface area contributed by atoms with Gasteiger partial charge >= 0.3 is 0 Å². The summed E-state index contributed by atoms with van der Waals surface area (Å²) in [6.07, 6.45) is 1.10. The van der Waals surface area contributed by atoms with Gasteiger partial charge in [0.05, 0.1) is 21.8 Å². The van der Waals surface area contributed by atoms with Crippen LogP contribution < -0.4 is 5.32 Å². The molecule has 0 spiro atoms. The summed E-state index contributed by atoms with van der Waals surface area (Å²) >= 11 is 0. The van der Waals surface area contributed by atoms with Crippen molar-refractivity contribution >= 4 is 38.3 Å². The van der Waals surface area contributed by atoms with E-state index in [2.05, 4.69) is 15.3 Å². The zero-order valence-corrected chi connectivity index (χ0v) is 25.7. The Morgan fingerprint density at radius 2 is 1.84 bits per heavy atom. The Bertz CT molecular complexity index is 1820. The second kappa shape index (κ2) is 11.9. The largest absolute Gasteiger partial charge is 0.475 e. The number of imidazole rings is 1. The summed E-state index contributed by atoms with van der Waals surface area (Å²) < 4.78 is 68.0. The highest BCUT2D eigenvalue weighted by Gasteiger charge is 2.30. The minimum atomic E-state index is -3.73. The van der Waals surface area contributed by atoms with Crippen LogP contribution in [0.15, 0.2) is 64.5 Å². The molecule has 1 fully saturated rings. The molecule has 0 bridgehead atoms. The molecule has 1 atom stereocenters. The second-order valence-corrected chi connectivity index (χ2v) is 13.9. The van der Waals surface area contributed by atoms with Gasteiger partial charge in [0.1, 0.15) is 18.4 Å². The van der Waals surface area contributed by atoms with Crippen LogP contribution in [0.4, 0.5) is 20.2 Å². The van der Waals surface area contributed by atoms with Gasteiger partial charge in [-0.3, -0.25) is 4.57 Å². The van der Waals surface area contributed by atoms with Crippen LogP contribution in [0.25, 0.3) is 11.2 Å². The molecule has 4 aromatic rings. The van der Waals surface area contributed by atoms with Gasteiger partial charge in [-0.2, -0.15) is 0 Å². The molecule has 6 rings (SSSR count). The van der Waals surface area contributed by atoms with E-state index in [-0.39, 0.29) is 21.7 Å². The molecule has 2 aliphatic rings. The first-order chi connectivity index (χ1) is 21.0. The van der Waals surface area contributed by atoms with Crippen molar-refractivity contribution in [2.75, 3.05) is 24.8 Å². The maximum Gasteiger partial charge on any atom is 0.295 e. The number of benzene rings is 2. The van der Waals surface area contributed by atoms with Crippen molar-refractivity contribution in [3.05, 3.63) is 77.2 Å². The summed E-state index contributed by atoms with van der Waals surface area (Å²) in [7, 11) is -3.73. The van der Waals surface area contributed by atoms with Crippen molar-refractivity contribution in [3.8, 4) is 0 Å². The summed E-state index contributed by atoms with van der Waals surface area (Å²) in [6, 6.07) is 16.5. The summed E-state index contributed by atoms with van der Waals surface area (Å²) in [6.45, 7) is 4.71. The number of nitrogens with one attached hydrogen (secondary N) is 1. The predicted molar refractivity (Wildman–Crippen MR) is 165 cm³/mol. The number of nitrogens with zero attached hydrogens (tertiary/aromatic N) is 4. The van der Waals surface area contributed by atoms with Crippen LogP contribution in [0.5, 0.6) is 0 Å². The van der Waals surface area contributed by atoms with Gasteiger partial charge < -0.3 is 14.8 Å². The Balaban J connectivity index is 1.47. The van der Waals surface area contributed by atoms with Crippen LogP contribution in [-0.4, -0.2) is 53.9 Å². The first kappa shape index (κ1) is 30.1. The van der Waals surface area contributed by atoms with Crippen molar-refractivity contribution < 1.29 is 26.7 Å². The third-order valence-electron chi connectivity index (χ3n) is 7.74. The molecular weight excluding hydrogens is 588 g/mol. The van der Waals surface area contributed by atoms with E-state index in [0.717, 1.165) is 24.7 Å². The smallest absolute Gasteiger partial charge is 0.295 e. The number of ether oxygens (including phenoxy) is 2. The maximum atomic E-state index is 14.4. The summed E-state index contributed by atoms with van der Waals surface area (Å²) in [4.78, 5) is 13.8. The van der Waals surface area contributed by atoms with Gasteiger partial charge in [-0.25, -0.2) is 32.2 Å².